The van der Waals surface area contributed by atoms with Crippen molar-refractivity contribution < 1.29 is 13.5 Å². The summed E-state index contributed by atoms with van der Waals surface area (Å²) in [6.45, 7) is 6.12. The molecule has 2 rings (SSSR count). The number of furan rings is 1. The fraction of sp³-hybridized carbons (Fsp3) is 0.375. The highest BCUT2D eigenvalue weighted by Gasteiger charge is 2.09. The molecule has 5 heteroatoms. The first-order valence-corrected chi connectivity index (χ1v) is 7.76. The van der Waals surface area contributed by atoms with E-state index in [4.69, 9.17) is 9.15 Å². The number of hydrogen-bond acceptors (Lipinski definition) is 3. The summed E-state index contributed by atoms with van der Waals surface area (Å²) in [5.41, 5.74) is 1.000. The molecule has 0 amide bonds. The lowest BCUT2D eigenvalue weighted by Gasteiger charge is -2.07. The first-order valence-electron chi connectivity index (χ1n) is 6.97. The number of rotatable bonds is 7. The molecule has 0 saturated carbocycles. The van der Waals surface area contributed by atoms with Gasteiger partial charge in [-0.3, -0.25) is 0 Å². The Bertz CT molecular complexity index is 598. The van der Waals surface area contributed by atoms with Crippen LogP contribution in [-0.4, -0.2) is 6.54 Å². The summed E-state index contributed by atoms with van der Waals surface area (Å²) in [6.07, 6.45) is 1.09. The van der Waals surface area contributed by atoms with E-state index >= 15 is 0 Å². The Labute approximate surface area is 132 Å². The Balaban J connectivity index is 1.96. The van der Waals surface area contributed by atoms with Gasteiger partial charge in [-0.2, -0.15) is 0 Å². The monoisotopic (exact) mass is 355 g/mol. The molecule has 1 heterocycles. The van der Waals surface area contributed by atoms with Gasteiger partial charge in [-0.1, -0.05) is 6.92 Å². The molecular formula is C16H19BrFNO2. The van der Waals surface area contributed by atoms with Crippen LogP contribution in [0.1, 0.15) is 30.4 Å². The molecule has 0 aliphatic rings. The van der Waals surface area contributed by atoms with Gasteiger partial charge in [-0.15, -0.1) is 0 Å². The predicted octanol–water partition coefficient (Wildman–Crippen LogP) is 4.57. The fourth-order valence-electron chi connectivity index (χ4n) is 1.95. The molecule has 3 nitrogen and oxygen atoms in total. The molecule has 0 fully saturated rings. The lowest BCUT2D eigenvalue weighted by Crippen LogP contribution is -2.13. The van der Waals surface area contributed by atoms with Gasteiger partial charge in [-0.05, 0) is 60.1 Å². The highest BCUT2D eigenvalue weighted by Crippen LogP contribution is 2.27. The molecule has 1 N–H and O–H groups in total. The van der Waals surface area contributed by atoms with Crippen LogP contribution in [-0.2, 0) is 13.2 Å². The van der Waals surface area contributed by atoms with Crippen molar-refractivity contribution in [1.82, 2.24) is 5.32 Å². The SMILES string of the molecule is CCCNCc1cc(COc2ccc(F)cc2Br)c(C)o1. The molecule has 114 valence electrons. The van der Waals surface area contributed by atoms with E-state index in [0.29, 0.717) is 16.8 Å². The molecule has 0 atom stereocenters. The van der Waals surface area contributed by atoms with Crippen molar-refractivity contribution in [3.63, 3.8) is 0 Å². The summed E-state index contributed by atoms with van der Waals surface area (Å²) in [5.74, 6) is 2.07. The minimum absolute atomic E-state index is 0.294. The van der Waals surface area contributed by atoms with Crippen molar-refractivity contribution in [2.24, 2.45) is 0 Å². The largest absolute Gasteiger partial charge is 0.488 e. The Morgan fingerprint density at radius 1 is 1.33 bits per heavy atom. The van der Waals surface area contributed by atoms with Crippen LogP contribution in [0.3, 0.4) is 0 Å². The smallest absolute Gasteiger partial charge is 0.134 e. The lowest BCUT2D eigenvalue weighted by molar-refractivity contribution is 0.300. The van der Waals surface area contributed by atoms with Gasteiger partial charge < -0.3 is 14.5 Å². The van der Waals surface area contributed by atoms with Gasteiger partial charge in [0.15, 0.2) is 0 Å². The summed E-state index contributed by atoms with van der Waals surface area (Å²) in [6, 6.07) is 6.37. The van der Waals surface area contributed by atoms with Crippen LogP contribution in [0.25, 0.3) is 0 Å². The molecule has 0 unspecified atom stereocenters. The molecule has 0 saturated heterocycles. The zero-order valence-corrected chi connectivity index (χ0v) is 13.8. The Kier molecular flexibility index (Phi) is 5.82. The van der Waals surface area contributed by atoms with Crippen LogP contribution in [0, 0.1) is 12.7 Å². The van der Waals surface area contributed by atoms with E-state index in [1.165, 1.54) is 12.1 Å². The van der Waals surface area contributed by atoms with Crippen molar-refractivity contribution in [3.8, 4) is 5.75 Å². The zero-order chi connectivity index (χ0) is 15.2. The summed E-state index contributed by atoms with van der Waals surface area (Å²) in [5, 5.41) is 3.30. The number of aryl methyl sites for hydroxylation is 1. The summed E-state index contributed by atoms with van der Waals surface area (Å²) in [7, 11) is 0. The van der Waals surface area contributed by atoms with E-state index in [9.17, 15) is 4.39 Å². The van der Waals surface area contributed by atoms with E-state index in [-0.39, 0.29) is 5.82 Å². The number of nitrogens with one attached hydrogen (secondary N) is 1. The maximum Gasteiger partial charge on any atom is 0.134 e. The van der Waals surface area contributed by atoms with Crippen LogP contribution in [0.15, 0.2) is 33.2 Å². The van der Waals surface area contributed by atoms with E-state index < -0.39 is 0 Å². The molecular weight excluding hydrogens is 337 g/mol. The first-order chi connectivity index (χ1) is 10.1. The minimum atomic E-state index is -0.294. The second kappa shape index (κ2) is 7.61. The molecule has 0 spiro atoms. The number of hydrogen-bond donors (Lipinski definition) is 1. The Hall–Kier alpha value is -1.33. The van der Waals surface area contributed by atoms with Crippen molar-refractivity contribution in [3.05, 3.63) is 51.6 Å². The Morgan fingerprint density at radius 2 is 2.14 bits per heavy atom. The minimum Gasteiger partial charge on any atom is -0.488 e. The van der Waals surface area contributed by atoms with Crippen LogP contribution in [0.4, 0.5) is 4.39 Å². The highest BCUT2D eigenvalue weighted by atomic mass is 79.9. The van der Waals surface area contributed by atoms with E-state index in [2.05, 4.69) is 28.2 Å². The van der Waals surface area contributed by atoms with Gasteiger partial charge >= 0.3 is 0 Å². The van der Waals surface area contributed by atoms with Gasteiger partial charge in [-0.25, -0.2) is 4.39 Å². The van der Waals surface area contributed by atoms with Crippen LogP contribution in [0.2, 0.25) is 0 Å². The molecule has 1 aromatic heterocycles. The molecule has 0 radical (unpaired) electrons. The Morgan fingerprint density at radius 3 is 2.86 bits per heavy atom. The van der Waals surface area contributed by atoms with E-state index in [0.717, 1.165) is 36.6 Å². The van der Waals surface area contributed by atoms with Crippen molar-refractivity contribution in [2.75, 3.05) is 6.54 Å². The number of benzene rings is 1. The van der Waals surface area contributed by atoms with Gasteiger partial charge in [0, 0.05) is 5.56 Å². The summed E-state index contributed by atoms with van der Waals surface area (Å²) < 4.78 is 25.0. The van der Waals surface area contributed by atoms with Gasteiger partial charge in [0.2, 0.25) is 0 Å². The standard InChI is InChI=1S/C16H19BrFNO2/c1-3-6-19-9-14-7-12(11(2)21-14)10-20-16-5-4-13(18)8-15(16)17/h4-5,7-8,19H,3,6,9-10H2,1-2H3. The molecule has 0 bridgehead atoms. The third-order valence-electron chi connectivity index (χ3n) is 3.07. The molecule has 1 aromatic carbocycles. The maximum absolute atomic E-state index is 13.0. The predicted molar refractivity (Wildman–Crippen MR) is 83.9 cm³/mol. The molecule has 0 aliphatic carbocycles. The molecule has 0 aliphatic heterocycles. The second-order valence-electron chi connectivity index (χ2n) is 4.83. The average molecular weight is 356 g/mol. The molecule has 21 heavy (non-hydrogen) atoms. The number of halogens is 2. The number of ether oxygens (including phenoxy) is 1. The highest BCUT2D eigenvalue weighted by molar-refractivity contribution is 9.10. The quantitative estimate of drug-likeness (QED) is 0.738. The van der Waals surface area contributed by atoms with E-state index in [1.807, 2.05) is 13.0 Å². The van der Waals surface area contributed by atoms with E-state index in [1.54, 1.807) is 6.07 Å². The molecule has 2 aromatic rings. The topological polar surface area (TPSA) is 34.4 Å². The van der Waals surface area contributed by atoms with Crippen LogP contribution < -0.4 is 10.1 Å². The van der Waals surface area contributed by atoms with Crippen LogP contribution >= 0.6 is 15.9 Å². The third kappa shape index (κ3) is 4.58. The normalized spacial score (nSPS) is 10.9. The van der Waals surface area contributed by atoms with Crippen molar-refractivity contribution >= 4 is 15.9 Å². The lowest BCUT2D eigenvalue weighted by atomic mass is 10.2. The van der Waals surface area contributed by atoms with Crippen molar-refractivity contribution in [2.45, 2.75) is 33.4 Å². The van der Waals surface area contributed by atoms with Gasteiger partial charge in [0.05, 0.1) is 11.0 Å². The fourth-order valence-corrected chi connectivity index (χ4v) is 2.42. The zero-order valence-electron chi connectivity index (χ0n) is 12.2. The third-order valence-corrected chi connectivity index (χ3v) is 3.69. The summed E-state index contributed by atoms with van der Waals surface area (Å²) >= 11 is 3.29. The van der Waals surface area contributed by atoms with Gasteiger partial charge in [0.25, 0.3) is 0 Å². The van der Waals surface area contributed by atoms with Gasteiger partial charge in [0.1, 0.15) is 29.7 Å². The second-order valence-corrected chi connectivity index (χ2v) is 5.69. The summed E-state index contributed by atoms with van der Waals surface area (Å²) in [4.78, 5) is 0. The van der Waals surface area contributed by atoms with Crippen molar-refractivity contribution in [1.29, 1.82) is 0 Å². The first kappa shape index (κ1) is 16.0. The average Bonchev–Trinajstić information content (AvgIpc) is 2.79. The maximum atomic E-state index is 13.0. The van der Waals surface area contributed by atoms with Crippen LogP contribution in [0.5, 0.6) is 5.75 Å².